The van der Waals surface area contributed by atoms with Crippen molar-refractivity contribution in [1.82, 2.24) is 15.1 Å². The number of β-lactam (4-membered cyclic amide) rings is 1. The highest BCUT2D eigenvalue weighted by molar-refractivity contribution is 5.99. The van der Waals surface area contributed by atoms with Crippen LogP contribution in [0.15, 0.2) is 54.6 Å². The first-order chi connectivity index (χ1) is 15.3. The molecule has 2 saturated heterocycles. The standard InChI is InChI=1S/C23H23N3O6/c1-14-7-9-15(10-8-14)11-19(28)25-12-17-20(22(29)26(17)21(25)23(30)31)24-18(27)13-32-16-5-3-2-4-6-16/h2-10,17,20-21H,11-13H2,1H3,(H,24,27)(H,30,31)/t17?,20-,21?/m1/s1. The van der Waals surface area contributed by atoms with E-state index in [9.17, 15) is 24.3 Å². The number of para-hydroxylation sites is 1. The highest BCUT2D eigenvalue weighted by atomic mass is 16.5. The predicted octanol–water partition coefficient (Wildman–Crippen LogP) is 0.565. The van der Waals surface area contributed by atoms with Crippen LogP contribution in [0.2, 0.25) is 0 Å². The number of carboxylic acid groups (broad SMARTS) is 1. The highest BCUT2D eigenvalue weighted by Gasteiger charge is 2.60. The number of hydrogen-bond donors (Lipinski definition) is 2. The minimum absolute atomic E-state index is 0.0285. The van der Waals surface area contributed by atoms with Crippen LogP contribution in [0.5, 0.6) is 5.75 Å². The number of carbonyl (C=O) groups is 4. The van der Waals surface area contributed by atoms with E-state index in [1.165, 1.54) is 4.90 Å². The van der Waals surface area contributed by atoms with Crippen molar-refractivity contribution in [1.29, 1.82) is 0 Å². The number of ether oxygens (including phenoxy) is 1. The highest BCUT2D eigenvalue weighted by Crippen LogP contribution is 2.33. The number of rotatable bonds is 7. The number of nitrogens with zero attached hydrogens (tertiary/aromatic N) is 2. The molecule has 4 rings (SSSR count). The maximum absolute atomic E-state index is 12.8. The largest absolute Gasteiger partial charge is 0.484 e. The van der Waals surface area contributed by atoms with Crippen LogP contribution in [0.4, 0.5) is 0 Å². The van der Waals surface area contributed by atoms with Crippen molar-refractivity contribution in [3.05, 3.63) is 65.7 Å². The fraction of sp³-hybridized carbons (Fsp3) is 0.304. The molecule has 9 heteroatoms. The van der Waals surface area contributed by atoms with E-state index >= 15 is 0 Å². The van der Waals surface area contributed by atoms with Crippen LogP contribution in [-0.4, -0.2) is 70.0 Å². The summed E-state index contributed by atoms with van der Waals surface area (Å²) in [5.41, 5.74) is 1.81. The number of aliphatic carboxylic acids is 1. The van der Waals surface area contributed by atoms with Crippen LogP contribution >= 0.6 is 0 Å². The summed E-state index contributed by atoms with van der Waals surface area (Å²) >= 11 is 0. The van der Waals surface area contributed by atoms with Gasteiger partial charge in [-0.25, -0.2) is 4.79 Å². The van der Waals surface area contributed by atoms with E-state index in [1.54, 1.807) is 24.3 Å². The Morgan fingerprint density at radius 2 is 1.78 bits per heavy atom. The number of fused-ring (bicyclic) bond motifs is 1. The second-order valence-electron chi connectivity index (χ2n) is 7.88. The van der Waals surface area contributed by atoms with Gasteiger partial charge in [-0.3, -0.25) is 14.4 Å². The van der Waals surface area contributed by atoms with Crippen LogP contribution in [-0.2, 0) is 25.6 Å². The molecule has 32 heavy (non-hydrogen) atoms. The zero-order valence-corrected chi connectivity index (χ0v) is 17.4. The molecule has 0 bridgehead atoms. The quantitative estimate of drug-likeness (QED) is 0.612. The second-order valence-corrected chi connectivity index (χ2v) is 7.88. The lowest BCUT2D eigenvalue weighted by atomic mass is 9.96. The van der Waals surface area contributed by atoms with Gasteiger partial charge in [-0.1, -0.05) is 48.0 Å². The van der Waals surface area contributed by atoms with E-state index in [4.69, 9.17) is 4.74 Å². The molecule has 2 fully saturated rings. The lowest BCUT2D eigenvalue weighted by Crippen LogP contribution is -2.71. The van der Waals surface area contributed by atoms with E-state index in [0.717, 1.165) is 16.0 Å². The van der Waals surface area contributed by atoms with Gasteiger partial charge in [-0.05, 0) is 24.6 Å². The van der Waals surface area contributed by atoms with Crippen LogP contribution in [0.25, 0.3) is 0 Å². The molecule has 3 amide bonds. The third kappa shape index (κ3) is 4.14. The van der Waals surface area contributed by atoms with E-state index in [0.29, 0.717) is 5.75 Å². The molecule has 0 aromatic heterocycles. The van der Waals surface area contributed by atoms with Gasteiger partial charge in [-0.15, -0.1) is 0 Å². The van der Waals surface area contributed by atoms with Crippen molar-refractivity contribution in [2.75, 3.05) is 13.2 Å². The number of benzene rings is 2. The van der Waals surface area contributed by atoms with Gasteiger partial charge >= 0.3 is 5.97 Å². The average molecular weight is 437 g/mol. The number of carbonyl (C=O) groups excluding carboxylic acids is 3. The molecule has 0 spiro atoms. The van der Waals surface area contributed by atoms with Crippen LogP contribution in [0.3, 0.4) is 0 Å². The Kier molecular flexibility index (Phi) is 5.81. The number of aryl methyl sites for hydroxylation is 1. The summed E-state index contributed by atoms with van der Waals surface area (Å²) in [6.07, 6.45) is -1.35. The van der Waals surface area contributed by atoms with Gasteiger partial charge in [0, 0.05) is 6.54 Å². The Bertz CT molecular complexity index is 1040. The first-order valence-electron chi connectivity index (χ1n) is 10.2. The van der Waals surface area contributed by atoms with Gasteiger partial charge in [0.25, 0.3) is 5.91 Å². The minimum atomic E-state index is -1.38. The Morgan fingerprint density at radius 1 is 1.09 bits per heavy atom. The monoisotopic (exact) mass is 437 g/mol. The van der Waals surface area contributed by atoms with Crippen LogP contribution in [0.1, 0.15) is 11.1 Å². The number of hydrogen-bond acceptors (Lipinski definition) is 5. The first kappa shape index (κ1) is 21.4. The fourth-order valence-electron chi connectivity index (χ4n) is 4.03. The smallest absolute Gasteiger partial charge is 0.347 e. The van der Waals surface area contributed by atoms with Crippen molar-refractivity contribution in [3.8, 4) is 5.75 Å². The maximum atomic E-state index is 12.8. The number of amides is 3. The average Bonchev–Trinajstić information content (AvgIpc) is 3.15. The molecule has 2 aliphatic heterocycles. The third-order valence-electron chi connectivity index (χ3n) is 5.65. The van der Waals surface area contributed by atoms with Crippen LogP contribution in [0, 0.1) is 6.92 Å². The number of carboxylic acids is 1. The Balaban J connectivity index is 1.39. The topological polar surface area (TPSA) is 116 Å². The molecule has 2 unspecified atom stereocenters. The SMILES string of the molecule is Cc1ccc(CC(=O)N2CC3[C@@H](NC(=O)COc4ccccc4)C(=O)N3C2C(=O)O)cc1. The second kappa shape index (κ2) is 8.70. The molecule has 0 aliphatic carbocycles. The summed E-state index contributed by atoms with van der Waals surface area (Å²) in [7, 11) is 0. The lowest BCUT2D eigenvalue weighted by molar-refractivity contribution is -0.166. The molecule has 2 aromatic rings. The van der Waals surface area contributed by atoms with Crippen molar-refractivity contribution in [2.45, 2.75) is 31.6 Å². The predicted molar refractivity (Wildman–Crippen MR) is 113 cm³/mol. The molecule has 2 aromatic carbocycles. The van der Waals surface area contributed by atoms with Gasteiger partial charge in [0.05, 0.1) is 12.5 Å². The molecule has 2 N–H and O–H groups in total. The number of nitrogens with one attached hydrogen (secondary N) is 1. The Labute approximate surface area is 184 Å². The fourth-order valence-corrected chi connectivity index (χ4v) is 4.03. The van der Waals surface area contributed by atoms with Crippen LogP contribution < -0.4 is 10.1 Å². The van der Waals surface area contributed by atoms with Gasteiger partial charge in [0.15, 0.2) is 6.61 Å². The molecule has 3 atom stereocenters. The Hall–Kier alpha value is -3.88. The van der Waals surface area contributed by atoms with Gasteiger partial charge in [-0.2, -0.15) is 0 Å². The van der Waals surface area contributed by atoms with E-state index < -0.39 is 36.0 Å². The van der Waals surface area contributed by atoms with E-state index in [-0.39, 0.29) is 25.5 Å². The molecule has 2 aliphatic rings. The van der Waals surface area contributed by atoms with Crippen molar-refractivity contribution >= 4 is 23.7 Å². The summed E-state index contributed by atoms with van der Waals surface area (Å²) in [4.78, 5) is 51.9. The summed E-state index contributed by atoms with van der Waals surface area (Å²) < 4.78 is 5.38. The zero-order chi connectivity index (χ0) is 22.8. The third-order valence-corrected chi connectivity index (χ3v) is 5.65. The molecule has 0 saturated carbocycles. The van der Waals surface area contributed by atoms with Gasteiger partial charge < -0.3 is 25.0 Å². The molecular weight excluding hydrogens is 414 g/mol. The Morgan fingerprint density at radius 3 is 2.44 bits per heavy atom. The minimum Gasteiger partial charge on any atom is -0.484 e. The summed E-state index contributed by atoms with van der Waals surface area (Å²) in [6, 6.07) is 14.7. The summed E-state index contributed by atoms with van der Waals surface area (Å²) in [5.74, 6) is -2.18. The maximum Gasteiger partial charge on any atom is 0.347 e. The normalized spacial score (nSPS) is 21.5. The first-order valence-corrected chi connectivity index (χ1v) is 10.2. The van der Waals surface area contributed by atoms with E-state index in [2.05, 4.69) is 5.32 Å². The summed E-state index contributed by atoms with van der Waals surface area (Å²) in [6.45, 7) is 1.69. The molecule has 9 nitrogen and oxygen atoms in total. The lowest BCUT2D eigenvalue weighted by Gasteiger charge is -2.43. The van der Waals surface area contributed by atoms with Crippen molar-refractivity contribution < 1.29 is 29.0 Å². The molecule has 2 heterocycles. The van der Waals surface area contributed by atoms with Crippen molar-refractivity contribution in [2.24, 2.45) is 0 Å². The molecule has 166 valence electrons. The van der Waals surface area contributed by atoms with Gasteiger partial charge in [0.2, 0.25) is 18.0 Å². The molecule has 0 radical (unpaired) electrons. The van der Waals surface area contributed by atoms with E-state index in [1.807, 2.05) is 37.3 Å². The van der Waals surface area contributed by atoms with Crippen molar-refractivity contribution in [3.63, 3.8) is 0 Å². The molecular formula is C23H23N3O6. The summed E-state index contributed by atoms with van der Waals surface area (Å²) in [5, 5.41) is 12.3. The van der Waals surface area contributed by atoms with Gasteiger partial charge in [0.1, 0.15) is 11.8 Å². The zero-order valence-electron chi connectivity index (χ0n) is 17.4.